The molecular weight excluding hydrogens is 364 g/mol. The number of benzene rings is 3. The third-order valence-corrected chi connectivity index (χ3v) is 5.06. The highest BCUT2D eigenvalue weighted by Gasteiger charge is 2.13. The first-order valence-electron chi connectivity index (χ1n) is 8.39. The van der Waals surface area contributed by atoms with Crippen LogP contribution in [0, 0.1) is 0 Å². The Balaban J connectivity index is 1.80. The molecule has 0 spiro atoms. The summed E-state index contributed by atoms with van der Waals surface area (Å²) in [6.45, 7) is 3.78. The predicted octanol–water partition coefficient (Wildman–Crippen LogP) is 3.65. The van der Waals surface area contributed by atoms with Crippen molar-refractivity contribution in [3.63, 3.8) is 0 Å². The van der Waals surface area contributed by atoms with Gasteiger partial charge in [0.15, 0.2) is 0 Å². The normalized spacial score (nSPS) is 12.0. The van der Waals surface area contributed by atoms with Crippen LogP contribution in [0.2, 0.25) is 0 Å². The van der Waals surface area contributed by atoms with Crippen LogP contribution >= 0.6 is 0 Å². The molecule has 0 atom stereocenters. The number of sulfonamides is 1. The predicted molar refractivity (Wildman–Crippen MR) is 106 cm³/mol. The number of nitrogens with one attached hydrogen (secondary N) is 1. The first kappa shape index (κ1) is 18.7. The standard InChI is InChI=1S/C20H20N2O4S/c1-14(2)26-16-8-10-17(11-9-16)27(24,25)22-21-13-19-18-6-4-3-5-15(18)7-12-20(19)23/h3-14,22-23H,1-2H3/b21-13+. The van der Waals surface area contributed by atoms with Gasteiger partial charge in [-0.3, -0.25) is 0 Å². The van der Waals surface area contributed by atoms with Crippen LogP contribution in [0.5, 0.6) is 11.5 Å². The van der Waals surface area contributed by atoms with Crippen molar-refractivity contribution in [2.24, 2.45) is 5.10 Å². The molecule has 3 aromatic rings. The van der Waals surface area contributed by atoms with Crippen molar-refractivity contribution in [3.8, 4) is 11.5 Å². The van der Waals surface area contributed by atoms with Gasteiger partial charge in [-0.1, -0.05) is 30.3 Å². The van der Waals surface area contributed by atoms with Crippen LogP contribution in [-0.2, 0) is 10.0 Å². The van der Waals surface area contributed by atoms with Crippen molar-refractivity contribution in [1.82, 2.24) is 4.83 Å². The van der Waals surface area contributed by atoms with Crippen LogP contribution in [0.4, 0.5) is 0 Å². The van der Waals surface area contributed by atoms with E-state index in [1.807, 2.05) is 38.1 Å². The molecule has 27 heavy (non-hydrogen) atoms. The molecule has 0 fully saturated rings. The maximum Gasteiger partial charge on any atom is 0.276 e. The van der Waals surface area contributed by atoms with E-state index in [0.717, 1.165) is 10.8 Å². The molecular formula is C20H20N2O4S. The SMILES string of the molecule is CC(C)Oc1ccc(S(=O)(=O)N/N=C/c2c(O)ccc3ccccc23)cc1. The van der Waals surface area contributed by atoms with E-state index in [9.17, 15) is 13.5 Å². The molecule has 0 radical (unpaired) electrons. The van der Waals surface area contributed by atoms with Gasteiger partial charge in [0.05, 0.1) is 17.2 Å². The van der Waals surface area contributed by atoms with Gasteiger partial charge in [-0.15, -0.1) is 0 Å². The van der Waals surface area contributed by atoms with Gasteiger partial charge in [0.25, 0.3) is 10.0 Å². The molecule has 0 amide bonds. The lowest BCUT2D eigenvalue weighted by atomic mass is 10.0. The van der Waals surface area contributed by atoms with Crippen LogP contribution in [0.1, 0.15) is 19.4 Å². The average molecular weight is 384 g/mol. The lowest BCUT2D eigenvalue weighted by molar-refractivity contribution is 0.242. The second-order valence-electron chi connectivity index (χ2n) is 6.21. The fourth-order valence-corrected chi connectivity index (χ4v) is 3.39. The van der Waals surface area contributed by atoms with E-state index in [0.29, 0.717) is 11.3 Å². The quantitative estimate of drug-likeness (QED) is 0.502. The molecule has 3 aromatic carbocycles. The minimum absolute atomic E-state index is 0.00329. The van der Waals surface area contributed by atoms with Gasteiger partial charge in [0, 0.05) is 5.56 Å². The molecule has 0 saturated heterocycles. The number of hydrazone groups is 1. The lowest BCUT2D eigenvalue weighted by Gasteiger charge is -2.10. The Morgan fingerprint density at radius 2 is 1.74 bits per heavy atom. The van der Waals surface area contributed by atoms with Gasteiger partial charge in [-0.25, -0.2) is 4.83 Å². The minimum Gasteiger partial charge on any atom is -0.507 e. The van der Waals surface area contributed by atoms with E-state index in [-0.39, 0.29) is 16.7 Å². The summed E-state index contributed by atoms with van der Waals surface area (Å²) >= 11 is 0. The van der Waals surface area contributed by atoms with Crippen LogP contribution in [0.15, 0.2) is 70.7 Å². The Bertz CT molecular complexity index is 1070. The molecule has 0 saturated carbocycles. The summed E-state index contributed by atoms with van der Waals surface area (Å²) in [5, 5.41) is 15.6. The smallest absolute Gasteiger partial charge is 0.276 e. The van der Waals surface area contributed by atoms with Gasteiger partial charge in [-0.2, -0.15) is 13.5 Å². The Labute approximate surface area is 158 Å². The molecule has 2 N–H and O–H groups in total. The van der Waals surface area contributed by atoms with Crippen LogP contribution in [-0.4, -0.2) is 25.8 Å². The second-order valence-corrected chi connectivity index (χ2v) is 7.87. The summed E-state index contributed by atoms with van der Waals surface area (Å²) < 4.78 is 30.3. The summed E-state index contributed by atoms with van der Waals surface area (Å²) in [7, 11) is -3.83. The van der Waals surface area contributed by atoms with Crippen molar-refractivity contribution in [1.29, 1.82) is 0 Å². The highest BCUT2D eigenvalue weighted by atomic mass is 32.2. The summed E-state index contributed by atoms with van der Waals surface area (Å²) in [4.78, 5) is 2.23. The Kier molecular flexibility index (Phi) is 5.32. The minimum atomic E-state index is -3.83. The average Bonchev–Trinajstić information content (AvgIpc) is 2.63. The summed E-state index contributed by atoms with van der Waals surface area (Å²) in [5.41, 5.74) is 0.441. The summed E-state index contributed by atoms with van der Waals surface area (Å²) in [6.07, 6.45) is 1.30. The number of rotatable bonds is 6. The molecule has 6 nitrogen and oxygen atoms in total. The molecule has 0 unspecified atom stereocenters. The zero-order chi connectivity index (χ0) is 19.4. The van der Waals surface area contributed by atoms with Crippen molar-refractivity contribution in [2.75, 3.05) is 0 Å². The number of aromatic hydroxyl groups is 1. The van der Waals surface area contributed by atoms with Crippen molar-refractivity contribution in [3.05, 3.63) is 66.2 Å². The molecule has 0 aromatic heterocycles. The van der Waals surface area contributed by atoms with E-state index in [1.54, 1.807) is 24.3 Å². The number of nitrogens with zero attached hydrogens (tertiary/aromatic N) is 1. The van der Waals surface area contributed by atoms with Crippen LogP contribution in [0.3, 0.4) is 0 Å². The molecule has 7 heteroatoms. The van der Waals surface area contributed by atoms with E-state index in [4.69, 9.17) is 4.74 Å². The van der Waals surface area contributed by atoms with Crippen molar-refractivity contribution in [2.45, 2.75) is 24.8 Å². The fraction of sp³-hybridized carbons (Fsp3) is 0.150. The monoisotopic (exact) mass is 384 g/mol. The lowest BCUT2D eigenvalue weighted by Crippen LogP contribution is -2.18. The Morgan fingerprint density at radius 3 is 2.44 bits per heavy atom. The first-order valence-corrected chi connectivity index (χ1v) is 9.87. The second kappa shape index (κ2) is 7.67. The molecule has 3 rings (SSSR count). The maximum absolute atomic E-state index is 12.4. The van der Waals surface area contributed by atoms with E-state index in [1.165, 1.54) is 18.3 Å². The van der Waals surface area contributed by atoms with E-state index < -0.39 is 10.0 Å². The third-order valence-electron chi connectivity index (χ3n) is 3.82. The number of fused-ring (bicyclic) bond motifs is 1. The molecule has 0 heterocycles. The van der Waals surface area contributed by atoms with Gasteiger partial charge < -0.3 is 9.84 Å². The number of ether oxygens (including phenoxy) is 1. The summed E-state index contributed by atoms with van der Waals surface area (Å²) in [6, 6.07) is 16.9. The fourth-order valence-electron chi connectivity index (χ4n) is 2.60. The highest BCUT2D eigenvalue weighted by molar-refractivity contribution is 7.89. The Hall–Kier alpha value is -3.06. The molecule has 0 bridgehead atoms. The van der Waals surface area contributed by atoms with Crippen molar-refractivity contribution < 1.29 is 18.3 Å². The highest BCUT2D eigenvalue weighted by Crippen LogP contribution is 2.25. The van der Waals surface area contributed by atoms with E-state index >= 15 is 0 Å². The van der Waals surface area contributed by atoms with Gasteiger partial charge in [-0.05, 0) is 55.0 Å². The first-order chi connectivity index (χ1) is 12.9. The van der Waals surface area contributed by atoms with Gasteiger partial charge >= 0.3 is 0 Å². The van der Waals surface area contributed by atoms with E-state index in [2.05, 4.69) is 9.93 Å². The number of phenolic OH excluding ortho intramolecular Hbond substituents is 1. The van der Waals surface area contributed by atoms with Crippen molar-refractivity contribution >= 4 is 27.0 Å². The largest absolute Gasteiger partial charge is 0.507 e. The zero-order valence-electron chi connectivity index (χ0n) is 15.0. The van der Waals surface area contributed by atoms with Gasteiger partial charge in [0.1, 0.15) is 11.5 Å². The molecule has 0 aliphatic rings. The molecule has 140 valence electrons. The Morgan fingerprint density at radius 1 is 1.04 bits per heavy atom. The number of hydrogen-bond donors (Lipinski definition) is 2. The maximum atomic E-state index is 12.4. The zero-order valence-corrected chi connectivity index (χ0v) is 15.8. The molecule has 0 aliphatic carbocycles. The van der Waals surface area contributed by atoms with Crippen LogP contribution in [0.25, 0.3) is 10.8 Å². The molecule has 0 aliphatic heterocycles. The summed E-state index contributed by atoms with van der Waals surface area (Å²) in [5.74, 6) is 0.611. The number of phenols is 1. The van der Waals surface area contributed by atoms with Gasteiger partial charge in [0.2, 0.25) is 0 Å². The van der Waals surface area contributed by atoms with Crippen LogP contribution < -0.4 is 9.57 Å². The third kappa shape index (κ3) is 4.38. The topological polar surface area (TPSA) is 88.0 Å². The number of hydrogen-bond acceptors (Lipinski definition) is 5.